The Morgan fingerprint density at radius 1 is 1.15 bits per heavy atom. The summed E-state index contributed by atoms with van der Waals surface area (Å²) in [5, 5.41) is 4.68. The van der Waals surface area contributed by atoms with Gasteiger partial charge in [0.2, 0.25) is 5.91 Å². The van der Waals surface area contributed by atoms with Crippen molar-refractivity contribution in [1.82, 2.24) is 14.9 Å². The molecule has 0 aliphatic rings. The van der Waals surface area contributed by atoms with Crippen LogP contribution in [0.3, 0.4) is 0 Å². The van der Waals surface area contributed by atoms with E-state index in [1.807, 2.05) is 26.0 Å². The van der Waals surface area contributed by atoms with Crippen molar-refractivity contribution in [2.45, 2.75) is 37.7 Å². The van der Waals surface area contributed by atoms with E-state index >= 15 is 0 Å². The van der Waals surface area contributed by atoms with E-state index in [9.17, 15) is 19.2 Å². The molecule has 3 aromatic rings. The normalized spacial score (nSPS) is 11.6. The molecule has 1 atom stereocenters. The number of imide groups is 1. The van der Waals surface area contributed by atoms with Gasteiger partial charge in [0.15, 0.2) is 5.16 Å². The second-order valence-electron chi connectivity index (χ2n) is 7.40. The number of urea groups is 1. The minimum absolute atomic E-state index is 0.168. The summed E-state index contributed by atoms with van der Waals surface area (Å²) < 4.78 is 5.85. The van der Waals surface area contributed by atoms with E-state index < -0.39 is 28.7 Å². The number of benzene rings is 2. The Balaban J connectivity index is 1.78. The third-order valence-electron chi connectivity index (χ3n) is 4.86. The lowest BCUT2D eigenvalue weighted by Gasteiger charge is -2.16. The molecule has 0 saturated carbocycles. The van der Waals surface area contributed by atoms with Gasteiger partial charge in [0.1, 0.15) is 6.54 Å². The quantitative estimate of drug-likeness (QED) is 0.324. The Labute approximate surface area is 194 Å². The fourth-order valence-electron chi connectivity index (χ4n) is 3.10. The number of anilines is 1. The number of esters is 1. The average Bonchev–Trinajstić information content (AvgIpc) is 2.78. The van der Waals surface area contributed by atoms with Crippen molar-refractivity contribution in [3.63, 3.8) is 0 Å². The molecule has 3 rings (SSSR count). The van der Waals surface area contributed by atoms with Crippen LogP contribution in [0.1, 0.15) is 18.1 Å². The van der Waals surface area contributed by atoms with Gasteiger partial charge in [0.05, 0.1) is 23.3 Å². The third-order valence-corrected chi connectivity index (χ3v) is 5.95. The highest BCUT2D eigenvalue weighted by molar-refractivity contribution is 8.00. The number of nitrogens with zero attached hydrogens (tertiary/aromatic N) is 2. The van der Waals surface area contributed by atoms with E-state index in [1.165, 1.54) is 11.7 Å². The van der Waals surface area contributed by atoms with Gasteiger partial charge in [-0.2, -0.15) is 0 Å². The van der Waals surface area contributed by atoms with Crippen molar-refractivity contribution in [2.75, 3.05) is 12.4 Å². The average molecular weight is 469 g/mol. The summed E-state index contributed by atoms with van der Waals surface area (Å²) >= 11 is 0.965. The summed E-state index contributed by atoms with van der Waals surface area (Å²) in [4.78, 5) is 54.2. The molecule has 0 saturated heterocycles. The molecule has 33 heavy (non-hydrogen) atoms. The number of amides is 3. The van der Waals surface area contributed by atoms with Crippen molar-refractivity contribution >= 4 is 46.3 Å². The number of methoxy groups -OCH3 is 1. The van der Waals surface area contributed by atoms with Gasteiger partial charge in [-0.3, -0.25) is 24.3 Å². The SMILES string of the molecule is COC(=O)Cn1c(SC(C)C(=O)NC(=O)Nc2ccc(C)cc2C)nc2ccccc2c1=O. The fourth-order valence-corrected chi connectivity index (χ4v) is 4.01. The standard InChI is InChI=1S/C23H24N4O5S/c1-13-9-10-17(14(2)11-13)24-22(31)26-20(29)15(3)33-23-25-18-8-6-5-7-16(18)21(30)27(23)12-19(28)32-4/h5-11,15H,12H2,1-4H3,(H2,24,26,29,31). The van der Waals surface area contributed by atoms with Crippen molar-refractivity contribution in [2.24, 2.45) is 0 Å². The van der Waals surface area contributed by atoms with Crippen LogP contribution in [0.4, 0.5) is 10.5 Å². The first kappa shape index (κ1) is 24.0. The van der Waals surface area contributed by atoms with Gasteiger partial charge in [-0.25, -0.2) is 9.78 Å². The summed E-state index contributed by atoms with van der Waals surface area (Å²) in [6, 6.07) is 11.6. The van der Waals surface area contributed by atoms with Gasteiger partial charge in [0, 0.05) is 5.69 Å². The zero-order valence-corrected chi connectivity index (χ0v) is 19.5. The van der Waals surface area contributed by atoms with Gasteiger partial charge in [-0.15, -0.1) is 0 Å². The monoisotopic (exact) mass is 468 g/mol. The lowest BCUT2D eigenvalue weighted by atomic mass is 10.1. The molecule has 0 aliphatic heterocycles. The van der Waals surface area contributed by atoms with E-state index in [-0.39, 0.29) is 11.7 Å². The molecule has 0 bridgehead atoms. The molecule has 10 heteroatoms. The summed E-state index contributed by atoms with van der Waals surface area (Å²) in [6.45, 7) is 5.03. The number of fused-ring (bicyclic) bond motifs is 1. The van der Waals surface area contributed by atoms with Gasteiger partial charge in [-0.05, 0) is 44.5 Å². The van der Waals surface area contributed by atoms with Crippen molar-refractivity contribution in [1.29, 1.82) is 0 Å². The molecule has 1 aromatic heterocycles. The zero-order chi connectivity index (χ0) is 24.1. The summed E-state index contributed by atoms with van der Waals surface area (Å²) in [7, 11) is 1.22. The molecule has 0 spiro atoms. The lowest BCUT2D eigenvalue weighted by Crippen LogP contribution is -2.39. The summed E-state index contributed by atoms with van der Waals surface area (Å²) in [6.07, 6.45) is 0. The van der Waals surface area contributed by atoms with Crippen molar-refractivity contribution in [3.8, 4) is 0 Å². The minimum atomic E-state index is -0.785. The number of carbonyl (C=O) groups excluding carboxylic acids is 3. The van der Waals surface area contributed by atoms with E-state index in [0.29, 0.717) is 16.6 Å². The first-order valence-electron chi connectivity index (χ1n) is 10.1. The Morgan fingerprint density at radius 3 is 2.58 bits per heavy atom. The molecule has 2 N–H and O–H groups in total. The van der Waals surface area contributed by atoms with Crippen LogP contribution >= 0.6 is 11.8 Å². The molecule has 0 radical (unpaired) electrons. The number of aromatic nitrogens is 2. The van der Waals surface area contributed by atoms with E-state index in [4.69, 9.17) is 0 Å². The number of ether oxygens (including phenoxy) is 1. The highest BCUT2D eigenvalue weighted by Crippen LogP contribution is 2.23. The largest absolute Gasteiger partial charge is 0.468 e. The molecule has 1 heterocycles. The maximum Gasteiger partial charge on any atom is 0.325 e. The molecule has 0 fully saturated rings. The van der Waals surface area contributed by atoms with Crippen LogP contribution in [0, 0.1) is 13.8 Å². The van der Waals surface area contributed by atoms with Crippen LogP contribution in [0.25, 0.3) is 10.9 Å². The molecule has 9 nitrogen and oxygen atoms in total. The van der Waals surface area contributed by atoms with Gasteiger partial charge in [0.25, 0.3) is 5.56 Å². The number of rotatable bonds is 6. The van der Waals surface area contributed by atoms with E-state index in [2.05, 4.69) is 20.4 Å². The van der Waals surface area contributed by atoms with Crippen LogP contribution < -0.4 is 16.2 Å². The Kier molecular flexibility index (Phi) is 7.49. The van der Waals surface area contributed by atoms with Crippen LogP contribution in [0.15, 0.2) is 52.4 Å². The van der Waals surface area contributed by atoms with Gasteiger partial charge in [-0.1, -0.05) is 41.6 Å². The Bertz CT molecular complexity index is 1290. The lowest BCUT2D eigenvalue weighted by molar-refractivity contribution is -0.141. The molecular formula is C23H24N4O5S. The molecule has 3 amide bonds. The highest BCUT2D eigenvalue weighted by atomic mass is 32.2. The first-order chi connectivity index (χ1) is 15.7. The number of carbonyl (C=O) groups is 3. The third kappa shape index (κ3) is 5.78. The number of para-hydroxylation sites is 1. The van der Waals surface area contributed by atoms with E-state index in [1.54, 1.807) is 37.3 Å². The van der Waals surface area contributed by atoms with Crippen molar-refractivity contribution < 1.29 is 19.1 Å². The number of thioether (sulfide) groups is 1. The van der Waals surface area contributed by atoms with E-state index in [0.717, 1.165) is 22.9 Å². The predicted molar refractivity (Wildman–Crippen MR) is 126 cm³/mol. The molecule has 1 unspecified atom stereocenters. The predicted octanol–water partition coefficient (Wildman–Crippen LogP) is 3.02. The van der Waals surface area contributed by atoms with Gasteiger partial charge < -0.3 is 10.1 Å². The number of hydrogen-bond donors (Lipinski definition) is 2. The topological polar surface area (TPSA) is 119 Å². The van der Waals surface area contributed by atoms with Crippen LogP contribution in [-0.4, -0.2) is 39.8 Å². The number of aryl methyl sites for hydroxylation is 2. The molecular weight excluding hydrogens is 444 g/mol. The van der Waals surface area contributed by atoms with Crippen molar-refractivity contribution in [3.05, 3.63) is 63.9 Å². The highest BCUT2D eigenvalue weighted by Gasteiger charge is 2.22. The van der Waals surface area contributed by atoms with Crippen LogP contribution in [-0.2, 0) is 20.9 Å². The molecule has 172 valence electrons. The number of hydrogen-bond acceptors (Lipinski definition) is 7. The maximum atomic E-state index is 12.9. The number of nitrogens with one attached hydrogen (secondary N) is 2. The summed E-state index contributed by atoms with van der Waals surface area (Å²) in [5.74, 6) is -1.20. The fraction of sp³-hybridized carbons (Fsp3) is 0.261. The second kappa shape index (κ2) is 10.3. The molecule has 2 aromatic carbocycles. The zero-order valence-electron chi connectivity index (χ0n) is 18.7. The minimum Gasteiger partial charge on any atom is -0.468 e. The second-order valence-corrected chi connectivity index (χ2v) is 8.71. The van der Waals surface area contributed by atoms with Crippen LogP contribution in [0.5, 0.6) is 0 Å². The maximum absolute atomic E-state index is 12.9. The molecule has 0 aliphatic carbocycles. The first-order valence-corrected chi connectivity index (χ1v) is 11.0. The van der Waals surface area contributed by atoms with Gasteiger partial charge >= 0.3 is 12.0 Å². The summed E-state index contributed by atoms with van der Waals surface area (Å²) in [5.41, 5.74) is 2.53. The Hall–Kier alpha value is -3.66. The van der Waals surface area contributed by atoms with Crippen LogP contribution in [0.2, 0.25) is 0 Å². The Morgan fingerprint density at radius 2 is 1.88 bits per heavy atom. The smallest absolute Gasteiger partial charge is 0.325 e.